The summed E-state index contributed by atoms with van der Waals surface area (Å²) < 4.78 is 1.88. The van der Waals surface area contributed by atoms with Crippen molar-refractivity contribution >= 4 is 10.9 Å². The molecular formula is C31H35N7O. The second-order valence-electron chi connectivity index (χ2n) is 10.8. The van der Waals surface area contributed by atoms with Gasteiger partial charge in [0.25, 0.3) is 5.56 Å². The van der Waals surface area contributed by atoms with Gasteiger partial charge in [-0.05, 0) is 96.4 Å². The van der Waals surface area contributed by atoms with Crippen LogP contribution in [0, 0.1) is 13.8 Å². The minimum Gasteiger partial charge on any atom is -0.322 e. The summed E-state index contributed by atoms with van der Waals surface area (Å²) in [6, 6.07) is 19.9. The lowest BCUT2D eigenvalue weighted by Crippen LogP contribution is -2.38. The van der Waals surface area contributed by atoms with Crippen LogP contribution < -0.4 is 5.56 Å². The Labute approximate surface area is 228 Å². The maximum atomic E-state index is 13.8. The molecule has 0 radical (unpaired) electrons. The van der Waals surface area contributed by atoms with Crippen LogP contribution in [0.3, 0.4) is 0 Å². The second kappa shape index (κ2) is 10.9. The monoisotopic (exact) mass is 521 g/mol. The number of tetrazole rings is 1. The number of H-pyrrole nitrogens is 1. The molecule has 5 rings (SSSR count). The molecule has 3 aromatic heterocycles. The highest BCUT2D eigenvalue weighted by atomic mass is 16.1. The smallest absolute Gasteiger partial charge is 0.253 e. The maximum absolute atomic E-state index is 13.8. The molecule has 0 aliphatic carbocycles. The Balaban J connectivity index is 1.75. The highest BCUT2D eigenvalue weighted by molar-refractivity contribution is 5.81. The van der Waals surface area contributed by atoms with Crippen LogP contribution in [0.5, 0.6) is 0 Å². The van der Waals surface area contributed by atoms with Crippen molar-refractivity contribution in [3.05, 3.63) is 117 Å². The van der Waals surface area contributed by atoms with E-state index in [4.69, 9.17) is 0 Å². The average molecular weight is 522 g/mol. The third kappa shape index (κ3) is 5.52. The Kier molecular flexibility index (Phi) is 7.39. The van der Waals surface area contributed by atoms with E-state index in [9.17, 15) is 4.79 Å². The highest BCUT2D eigenvalue weighted by Crippen LogP contribution is 2.33. The summed E-state index contributed by atoms with van der Waals surface area (Å²) in [5.74, 6) is 0.635. The SMILES string of the molecule is CCC(C)(C)n1nnnc1C(c1cc2cc(C)c(C)cc2[nH]c1=O)N(Cc1ccccc1)Cc1cccnc1. The van der Waals surface area contributed by atoms with E-state index in [2.05, 4.69) is 89.3 Å². The van der Waals surface area contributed by atoms with Crippen LogP contribution in [0.1, 0.15) is 66.9 Å². The van der Waals surface area contributed by atoms with Crippen LogP contribution in [-0.2, 0) is 18.6 Å². The van der Waals surface area contributed by atoms with Gasteiger partial charge in [0.1, 0.15) is 6.04 Å². The largest absolute Gasteiger partial charge is 0.322 e. The Morgan fingerprint density at radius 1 is 0.974 bits per heavy atom. The zero-order valence-corrected chi connectivity index (χ0v) is 23.2. The third-order valence-corrected chi connectivity index (χ3v) is 7.66. The van der Waals surface area contributed by atoms with E-state index < -0.39 is 6.04 Å². The number of benzene rings is 2. The van der Waals surface area contributed by atoms with E-state index in [-0.39, 0.29) is 11.1 Å². The zero-order chi connectivity index (χ0) is 27.6. The molecule has 200 valence electrons. The van der Waals surface area contributed by atoms with Crippen molar-refractivity contribution in [2.45, 2.75) is 65.7 Å². The van der Waals surface area contributed by atoms with E-state index >= 15 is 0 Å². The van der Waals surface area contributed by atoms with E-state index in [0.29, 0.717) is 24.5 Å². The topological polar surface area (TPSA) is 92.6 Å². The number of hydrogen-bond acceptors (Lipinski definition) is 6. The quantitative estimate of drug-likeness (QED) is 0.277. The second-order valence-corrected chi connectivity index (χ2v) is 10.8. The Hall–Kier alpha value is -4.17. The molecular weight excluding hydrogens is 486 g/mol. The van der Waals surface area contributed by atoms with Gasteiger partial charge in [0, 0.05) is 36.6 Å². The lowest BCUT2D eigenvalue weighted by Gasteiger charge is -2.33. The van der Waals surface area contributed by atoms with Crippen molar-refractivity contribution in [2.24, 2.45) is 0 Å². The fourth-order valence-electron chi connectivity index (χ4n) is 4.92. The molecule has 8 heteroatoms. The highest BCUT2D eigenvalue weighted by Gasteiger charge is 2.34. The Bertz CT molecular complexity index is 1580. The number of aromatic nitrogens is 6. The van der Waals surface area contributed by atoms with E-state index in [1.807, 2.05) is 47.3 Å². The van der Waals surface area contributed by atoms with E-state index in [0.717, 1.165) is 34.0 Å². The van der Waals surface area contributed by atoms with Crippen molar-refractivity contribution in [1.29, 1.82) is 0 Å². The first-order valence-corrected chi connectivity index (χ1v) is 13.4. The predicted molar refractivity (Wildman–Crippen MR) is 153 cm³/mol. The van der Waals surface area contributed by atoms with Crippen molar-refractivity contribution in [3.63, 3.8) is 0 Å². The summed E-state index contributed by atoms with van der Waals surface area (Å²) in [7, 11) is 0. The lowest BCUT2D eigenvalue weighted by molar-refractivity contribution is 0.180. The average Bonchev–Trinajstić information content (AvgIpc) is 3.42. The standard InChI is InChI=1S/C31H35N7O/c1-6-31(4,5)38-29(34-35-36-38)28(26-17-25-15-21(2)22(3)16-27(25)33-30(26)39)37(19-23-11-8-7-9-12-23)20-24-13-10-14-32-18-24/h7-18,28H,6,19-20H2,1-5H3,(H,33,39). The van der Waals surface area contributed by atoms with Crippen LogP contribution in [0.4, 0.5) is 0 Å². The van der Waals surface area contributed by atoms with Gasteiger partial charge < -0.3 is 4.98 Å². The molecule has 0 saturated heterocycles. The molecule has 0 aliphatic rings. The van der Waals surface area contributed by atoms with Crippen molar-refractivity contribution in [1.82, 2.24) is 35.1 Å². The first-order valence-electron chi connectivity index (χ1n) is 13.4. The van der Waals surface area contributed by atoms with Gasteiger partial charge in [-0.3, -0.25) is 14.7 Å². The molecule has 1 unspecified atom stereocenters. The summed E-state index contributed by atoms with van der Waals surface area (Å²) in [6.07, 6.45) is 4.46. The van der Waals surface area contributed by atoms with Gasteiger partial charge in [0.2, 0.25) is 0 Å². The molecule has 0 bridgehead atoms. The third-order valence-electron chi connectivity index (χ3n) is 7.66. The Morgan fingerprint density at radius 3 is 2.41 bits per heavy atom. The first kappa shape index (κ1) is 26.4. The molecule has 5 aromatic rings. The van der Waals surface area contributed by atoms with Crippen molar-refractivity contribution < 1.29 is 0 Å². The van der Waals surface area contributed by atoms with E-state index in [1.165, 1.54) is 5.56 Å². The summed E-state index contributed by atoms with van der Waals surface area (Å²) in [4.78, 5) is 23.6. The molecule has 0 saturated carbocycles. The maximum Gasteiger partial charge on any atom is 0.253 e. The molecule has 1 N–H and O–H groups in total. The lowest BCUT2D eigenvalue weighted by atomic mass is 9.97. The minimum absolute atomic E-state index is 0.149. The van der Waals surface area contributed by atoms with Crippen LogP contribution in [0.15, 0.2) is 77.9 Å². The minimum atomic E-state index is -0.513. The number of aryl methyl sites for hydroxylation is 2. The zero-order valence-electron chi connectivity index (χ0n) is 23.2. The fourth-order valence-corrected chi connectivity index (χ4v) is 4.92. The van der Waals surface area contributed by atoms with Crippen molar-refractivity contribution in [3.8, 4) is 0 Å². The van der Waals surface area contributed by atoms with Gasteiger partial charge in [-0.2, -0.15) is 0 Å². The van der Waals surface area contributed by atoms with Crippen molar-refractivity contribution in [2.75, 3.05) is 0 Å². The number of rotatable bonds is 9. The summed E-state index contributed by atoms with van der Waals surface area (Å²) in [5, 5.41) is 14.1. The molecule has 2 aromatic carbocycles. The number of fused-ring (bicyclic) bond motifs is 1. The molecule has 0 amide bonds. The molecule has 39 heavy (non-hydrogen) atoms. The van der Waals surface area contributed by atoms with Crippen LogP contribution >= 0.6 is 0 Å². The molecule has 0 fully saturated rings. The van der Waals surface area contributed by atoms with Gasteiger partial charge in [0.15, 0.2) is 5.82 Å². The first-order chi connectivity index (χ1) is 18.8. The molecule has 0 aliphatic heterocycles. The number of pyridine rings is 2. The van der Waals surface area contributed by atoms with Gasteiger partial charge in [-0.1, -0.05) is 43.3 Å². The normalized spacial score (nSPS) is 12.8. The number of nitrogens with zero attached hydrogens (tertiary/aromatic N) is 6. The van der Waals surface area contributed by atoms with Gasteiger partial charge in [-0.25, -0.2) is 4.68 Å². The van der Waals surface area contributed by atoms with Crippen LogP contribution in [0.25, 0.3) is 10.9 Å². The molecule has 1 atom stereocenters. The van der Waals surface area contributed by atoms with Crippen LogP contribution in [-0.4, -0.2) is 35.1 Å². The predicted octanol–water partition coefficient (Wildman–Crippen LogP) is 5.46. The number of aromatic amines is 1. The van der Waals surface area contributed by atoms with Gasteiger partial charge in [-0.15, -0.1) is 5.10 Å². The molecule has 0 spiro atoms. The van der Waals surface area contributed by atoms with Gasteiger partial charge in [0.05, 0.1) is 5.54 Å². The summed E-state index contributed by atoms with van der Waals surface area (Å²) in [6.45, 7) is 11.6. The van der Waals surface area contributed by atoms with E-state index in [1.54, 1.807) is 6.20 Å². The fraction of sp³-hybridized carbons (Fsp3) is 0.323. The van der Waals surface area contributed by atoms with Gasteiger partial charge >= 0.3 is 0 Å². The number of hydrogen-bond donors (Lipinski definition) is 1. The summed E-state index contributed by atoms with van der Waals surface area (Å²) in [5.41, 5.74) is 5.41. The summed E-state index contributed by atoms with van der Waals surface area (Å²) >= 11 is 0. The molecule has 3 heterocycles. The van der Waals surface area contributed by atoms with Crippen LogP contribution in [0.2, 0.25) is 0 Å². The molecule has 8 nitrogen and oxygen atoms in total. The number of nitrogens with one attached hydrogen (secondary N) is 1. The Morgan fingerprint density at radius 2 is 1.69 bits per heavy atom.